The Morgan fingerprint density at radius 3 is 2.86 bits per heavy atom. The summed E-state index contributed by atoms with van der Waals surface area (Å²) in [5, 5.41) is 3.61. The third-order valence-electron chi connectivity index (χ3n) is 3.09. The molecule has 0 amide bonds. The van der Waals surface area contributed by atoms with Gasteiger partial charge in [0.15, 0.2) is 0 Å². The van der Waals surface area contributed by atoms with Gasteiger partial charge in [-0.15, -0.1) is 0 Å². The van der Waals surface area contributed by atoms with Gasteiger partial charge in [-0.1, -0.05) is 13.3 Å². The molecule has 0 aromatic carbocycles. The Morgan fingerprint density at radius 2 is 2.21 bits per heavy atom. The summed E-state index contributed by atoms with van der Waals surface area (Å²) in [6, 6.07) is 0.707. The maximum Gasteiger partial charge on any atom is 0.0235 e. The minimum absolute atomic E-state index is 0.610. The van der Waals surface area contributed by atoms with Crippen molar-refractivity contribution in [2.75, 3.05) is 18.6 Å². The fourth-order valence-electron chi connectivity index (χ4n) is 2.30. The van der Waals surface area contributed by atoms with Gasteiger partial charge in [-0.05, 0) is 38.1 Å². The molecule has 0 aromatic rings. The van der Waals surface area contributed by atoms with Gasteiger partial charge in [0.25, 0.3) is 0 Å². The molecule has 0 bridgehead atoms. The van der Waals surface area contributed by atoms with Crippen LogP contribution in [-0.4, -0.2) is 28.8 Å². The monoisotopic (exact) mass is 217 g/mol. The normalized spacial score (nSPS) is 29.3. The van der Waals surface area contributed by atoms with E-state index in [9.17, 15) is 4.21 Å². The van der Waals surface area contributed by atoms with Gasteiger partial charge in [-0.2, -0.15) is 0 Å². The van der Waals surface area contributed by atoms with Gasteiger partial charge >= 0.3 is 0 Å². The van der Waals surface area contributed by atoms with E-state index in [-0.39, 0.29) is 0 Å². The first-order chi connectivity index (χ1) is 6.74. The van der Waals surface area contributed by atoms with Crippen molar-refractivity contribution in [2.45, 2.75) is 45.1 Å². The average molecular weight is 217 g/mol. The second-order valence-electron chi connectivity index (χ2n) is 4.32. The predicted octanol–water partition coefficient (Wildman–Crippen LogP) is 1.92. The van der Waals surface area contributed by atoms with Crippen LogP contribution in [0.2, 0.25) is 0 Å². The van der Waals surface area contributed by atoms with E-state index in [0.29, 0.717) is 6.04 Å². The lowest BCUT2D eigenvalue weighted by Gasteiger charge is -2.20. The average Bonchev–Trinajstić information content (AvgIpc) is 2.58. The highest BCUT2D eigenvalue weighted by Crippen LogP contribution is 2.28. The van der Waals surface area contributed by atoms with Crippen molar-refractivity contribution >= 4 is 10.8 Å². The summed E-state index contributed by atoms with van der Waals surface area (Å²) in [6.45, 7) is 3.34. The zero-order chi connectivity index (χ0) is 10.4. The fraction of sp³-hybridized carbons (Fsp3) is 1.00. The summed E-state index contributed by atoms with van der Waals surface area (Å²) in [7, 11) is -0.610. The first-order valence-electron chi connectivity index (χ1n) is 5.77. The highest BCUT2D eigenvalue weighted by Gasteiger charge is 2.26. The fourth-order valence-corrected chi connectivity index (χ4v) is 2.93. The predicted molar refractivity (Wildman–Crippen MR) is 63.0 cm³/mol. The summed E-state index contributed by atoms with van der Waals surface area (Å²) in [4.78, 5) is 0. The van der Waals surface area contributed by atoms with Gasteiger partial charge < -0.3 is 5.32 Å². The van der Waals surface area contributed by atoms with Crippen LogP contribution in [0.15, 0.2) is 0 Å². The number of nitrogens with one attached hydrogen (secondary N) is 1. The van der Waals surface area contributed by atoms with E-state index in [1.54, 1.807) is 0 Å². The van der Waals surface area contributed by atoms with Crippen LogP contribution in [0.3, 0.4) is 0 Å². The molecule has 0 aromatic heterocycles. The number of rotatable bonds is 6. The zero-order valence-corrected chi connectivity index (χ0v) is 10.2. The Morgan fingerprint density at radius 1 is 1.43 bits per heavy atom. The second kappa shape index (κ2) is 6.57. The van der Waals surface area contributed by atoms with E-state index in [2.05, 4.69) is 12.2 Å². The van der Waals surface area contributed by atoms with Crippen LogP contribution in [0, 0.1) is 5.92 Å². The highest BCUT2D eigenvalue weighted by molar-refractivity contribution is 7.84. The van der Waals surface area contributed by atoms with Gasteiger partial charge in [-0.25, -0.2) is 0 Å². The van der Waals surface area contributed by atoms with Crippen LogP contribution in [0.5, 0.6) is 0 Å². The summed E-state index contributed by atoms with van der Waals surface area (Å²) in [5.74, 6) is 1.67. The van der Waals surface area contributed by atoms with Gasteiger partial charge in [0.2, 0.25) is 0 Å². The second-order valence-corrected chi connectivity index (χ2v) is 5.87. The molecule has 1 aliphatic rings. The molecule has 1 saturated carbocycles. The molecule has 0 spiro atoms. The van der Waals surface area contributed by atoms with Crippen LogP contribution in [-0.2, 0) is 10.8 Å². The topological polar surface area (TPSA) is 29.1 Å². The maximum absolute atomic E-state index is 11.0. The van der Waals surface area contributed by atoms with Crippen LogP contribution in [0.4, 0.5) is 0 Å². The molecule has 3 atom stereocenters. The molecule has 0 saturated heterocycles. The van der Waals surface area contributed by atoms with Crippen molar-refractivity contribution in [1.29, 1.82) is 0 Å². The van der Waals surface area contributed by atoms with Crippen LogP contribution in [0.25, 0.3) is 0 Å². The van der Waals surface area contributed by atoms with Crippen molar-refractivity contribution < 1.29 is 4.21 Å². The lowest BCUT2D eigenvalue weighted by atomic mass is 10.0. The first-order valence-corrected chi connectivity index (χ1v) is 7.50. The summed E-state index contributed by atoms with van der Waals surface area (Å²) < 4.78 is 11.0. The molecule has 0 radical (unpaired) electrons. The highest BCUT2D eigenvalue weighted by atomic mass is 32.2. The number of hydrogen-bond acceptors (Lipinski definition) is 2. The summed E-state index contributed by atoms with van der Waals surface area (Å²) in [5.41, 5.74) is 0. The van der Waals surface area contributed by atoms with Crippen LogP contribution in [0.1, 0.15) is 39.0 Å². The third kappa shape index (κ3) is 4.09. The van der Waals surface area contributed by atoms with E-state index in [0.717, 1.165) is 24.6 Å². The largest absolute Gasteiger partial charge is 0.314 e. The standard InChI is InChI=1S/C11H23NOS/c1-3-8-12-11-6-4-5-10(11)7-9-14(2)13/h10-12H,3-9H2,1-2H3. The summed E-state index contributed by atoms with van der Waals surface area (Å²) in [6.07, 6.45) is 8.17. The van der Waals surface area contributed by atoms with Crippen LogP contribution >= 0.6 is 0 Å². The van der Waals surface area contributed by atoms with E-state index >= 15 is 0 Å². The Bertz CT molecular complexity index is 184. The smallest absolute Gasteiger partial charge is 0.0235 e. The molecule has 14 heavy (non-hydrogen) atoms. The molecule has 2 nitrogen and oxygen atoms in total. The third-order valence-corrected chi connectivity index (χ3v) is 3.90. The molecule has 1 N–H and O–H groups in total. The molecule has 0 heterocycles. The molecular weight excluding hydrogens is 194 g/mol. The van der Waals surface area contributed by atoms with Crippen molar-refractivity contribution in [2.24, 2.45) is 5.92 Å². The molecule has 84 valence electrons. The Kier molecular flexibility index (Phi) is 5.71. The van der Waals surface area contributed by atoms with E-state index < -0.39 is 10.8 Å². The van der Waals surface area contributed by atoms with Crippen LogP contribution < -0.4 is 5.32 Å². The molecule has 1 aliphatic carbocycles. The van der Waals surface area contributed by atoms with Crippen molar-refractivity contribution in [3.8, 4) is 0 Å². The van der Waals surface area contributed by atoms with Crippen molar-refractivity contribution in [3.63, 3.8) is 0 Å². The Hall–Kier alpha value is 0.110. The molecule has 0 aliphatic heterocycles. The Labute approximate surface area is 90.3 Å². The van der Waals surface area contributed by atoms with Crippen molar-refractivity contribution in [3.05, 3.63) is 0 Å². The van der Waals surface area contributed by atoms with Gasteiger partial charge in [0.1, 0.15) is 0 Å². The quantitative estimate of drug-likeness (QED) is 0.736. The lowest BCUT2D eigenvalue weighted by molar-refractivity contribution is 0.393. The first kappa shape index (κ1) is 12.2. The molecule has 1 rings (SSSR count). The summed E-state index contributed by atoms with van der Waals surface area (Å²) >= 11 is 0. The lowest BCUT2D eigenvalue weighted by Crippen LogP contribution is -2.33. The van der Waals surface area contributed by atoms with E-state index in [4.69, 9.17) is 0 Å². The molecular formula is C11H23NOS. The SMILES string of the molecule is CCCNC1CCCC1CCS(C)=O. The van der Waals surface area contributed by atoms with Gasteiger partial charge in [0.05, 0.1) is 0 Å². The van der Waals surface area contributed by atoms with E-state index in [1.165, 1.54) is 25.7 Å². The Balaban J connectivity index is 2.24. The van der Waals surface area contributed by atoms with Gasteiger partial charge in [-0.3, -0.25) is 4.21 Å². The maximum atomic E-state index is 11.0. The van der Waals surface area contributed by atoms with Gasteiger partial charge in [0, 0.05) is 28.9 Å². The number of hydrogen-bond donors (Lipinski definition) is 1. The minimum atomic E-state index is -0.610. The minimum Gasteiger partial charge on any atom is -0.314 e. The van der Waals surface area contributed by atoms with Crippen molar-refractivity contribution in [1.82, 2.24) is 5.32 Å². The molecule has 3 heteroatoms. The zero-order valence-electron chi connectivity index (χ0n) is 9.42. The molecule has 3 unspecified atom stereocenters. The molecule has 1 fully saturated rings. The van der Waals surface area contributed by atoms with E-state index in [1.807, 2.05) is 6.26 Å².